The molecule has 0 radical (unpaired) electrons. The summed E-state index contributed by atoms with van der Waals surface area (Å²) in [5, 5.41) is 5.02. The summed E-state index contributed by atoms with van der Waals surface area (Å²) in [4.78, 5) is 23.9. The molecule has 6 nitrogen and oxygen atoms in total. The van der Waals surface area contributed by atoms with Crippen molar-refractivity contribution in [3.8, 4) is 17.0 Å². The van der Waals surface area contributed by atoms with Gasteiger partial charge in [-0.2, -0.15) is 0 Å². The molecule has 2 aromatic heterocycles. The number of halogens is 2. The average molecular weight is 564 g/mol. The highest BCUT2D eigenvalue weighted by Crippen LogP contribution is 2.35. The lowest BCUT2D eigenvalue weighted by atomic mass is 10.1. The van der Waals surface area contributed by atoms with Gasteiger partial charge in [-0.1, -0.05) is 53.9 Å². The molecule has 0 saturated heterocycles. The SMILES string of the molecule is CCc1sc(NC(=O)c2cc3cc(OC)ccc3oc2=Nc2ccc(C)cc2)nc1-c1ccc(Cl)c(Cl)c1. The first-order valence-electron chi connectivity index (χ1n) is 11.8. The Balaban J connectivity index is 1.57. The van der Waals surface area contributed by atoms with E-state index in [1.54, 1.807) is 37.4 Å². The van der Waals surface area contributed by atoms with E-state index in [2.05, 4.69) is 10.3 Å². The number of ether oxygens (including phenoxy) is 1. The molecule has 5 rings (SSSR count). The maximum atomic E-state index is 13.6. The van der Waals surface area contributed by atoms with E-state index in [4.69, 9.17) is 37.3 Å². The molecular formula is C29H23Cl2N3O3S. The zero-order valence-corrected chi connectivity index (χ0v) is 23.2. The van der Waals surface area contributed by atoms with Crippen LogP contribution in [0.5, 0.6) is 5.75 Å². The average Bonchev–Trinajstić information content (AvgIpc) is 3.33. The van der Waals surface area contributed by atoms with Crippen LogP contribution in [0.3, 0.4) is 0 Å². The Morgan fingerprint density at radius 3 is 2.55 bits per heavy atom. The third kappa shape index (κ3) is 5.45. The summed E-state index contributed by atoms with van der Waals surface area (Å²) in [6, 6.07) is 20.2. The van der Waals surface area contributed by atoms with E-state index in [-0.39, 0.29) is 17.0 Å². The highest BCUT2D eigenvalue weighted by molar-refractivity contribution is 7.16. The van der Waals surface area contributed by atoms with Gasteiger partial charge in [-0.05, 0) is 61.9 Å². The van der Waals surface area contributed by atoms with E-state index in [0.717, 1.165) is 28.1 Å². The van der Waals surface area contributed by atoms with Crippen LogP contribution in [0.2, 0.25) is 10.0 Å². The number of hydrogen-bond donors (Lipinski definition) is 1. The number of benzene rings is 3. The van der Waals surface area contributed by atoms with Crippen LogP contribution in [0.15, 0.2) is 76.1 Å². The fraction of sp³-hybridized carbons (Fsp3) is 0.138. The number of rotatable bonds is 6. The predicted molar refractivity (Wildman–Crippen MR) is 154 cm³/mol. The molecule has 0 aliphatic carbocycles. The number of fused-ring (bicyclic) bond motifs is 1. The minimum atomic E-state index is -0.388. The van der Waals surface area contributed by atoms with Gasteiger partial charge in [0.25, 0.3) is 5.91 Å². The second kappa shape index (κ2) is 11.0. The third-order valence-electron chi connectivity index (χ3n) is 5.90. The lowest BCUT2D eigenvalue weighted by molar-refractivity contribution is 0.102. The standard InChI is InChI=1S/C29H23Cl2N3O3S/c1-4-25-26(17-7-11-22(30)23(31)15-17)33-29(38-25)34-27(35)21-14-18-13-20(36-3)10-12-24(18)37-28(21)32-19-8-5-16(2)6-9-19/h5-15H,4H2,1-3H3,(H,33,34,35). The molecule has 0 unspecified atom stereocenters. The smallest absolute Gasteiger partial charge is 0.262 e. The summed E-state index contributed by atoms with van der Waals surface area (Å²) in [5.41, 5.74) is 4.41. The van der Waals surface area contributed by atoms with Gasteiger partial charge in [0.15, 0.2) is 5.13 Å². The second-order valence-electron chi connectivity index (χ2n) is 8.54. The maximum absolute atomic E-state index is 13.6. The van der Waals surface area contributed by atoms with Gasteiger partial charge in [-0.15, -0.1) is 11.3 Å². The Kier molecular flexibility index (Phi) is 7.51. The summed E-state index contributed by atoms with van der Waals surface area (Å²) in [5.74, 6) is 0.266. The van der Waals surface area contributed by atoms with E-state index in [0.29, 0.717) is 37.6 Å². The number of anilines is 1. The number of nitrogens with one attached hydrogen (secondary N) is 1. The maximum Gasteiger partial charge on any atom is 0.262 e. The van der Waals surface area contributed by atoms with Gasteiger partial charge < -0.3 is 9.15 Å². The van der Waals surface area contributed by atoms with E-state index >= 15 is 0 Å². The molecule has 2 heterocycles. The first kappa shape index (κ1) is 26.0. The summed E-state index contributed by atoms with van der Waals surface area (Å²) in [6.45, 7) is 4.04. The zero-order chi connectivity index (χ0) is 26.8. The molecule has 5 aromatic rings. The van der Waals surface area contributed by atoms with Crippen molar-refractivity contribution < 1.29 is 13.9 Å². The van der Waals surface area contributed by atoms with Crippen LogP contribution in [0, 0.1) is 6.92 Å². The molecule has 0 aliphatic rings. The Morgan fingerprint density at radius 2 is 1.84 bits per heavy atom. The van der Waals surface area contributed by atoms with Crippen LogP contribution < -0.4 is 15.6 Å². The number of hydrogen-bond acceptors (Lipinski definition) is 6. The van der Waals surface area contributed by atoms with Gasteiger partial charge >= 0.3 is 0 Å². The number of carbonyl (C=O) groups is 1. The lowest BCUT2D eigenvalue weighted by Crippen LogP contribution is -2.21. The number of nitrogens with zero attached hydrogens (tertiary/aromatic N) is 2. The third-order valence-corrected chi connectivity index (χ3v) is 7.75. The van der Waals surface area contributed by atoms with Crippen molar-refractivity contribution in [1.29, 1.82) is 0 Å². The molecule has 1 N–H and O–H groups in total. The normalized spacial score (nSPS) is 11.7. The first-order valence-corrected chi connectivity index (χ1v) is 13.4. The summed E-state index contributed by atoms with van der Waals surface area (Å²) < 4.78 is 11.5. The Bertz CT molecular complexity index is 1730. The molecule has 0 fully saturated rings. The quantitative estimate of drug-likeness (QED) is 0.225. The fourth-order valence-electron chi connectivity index (χ4n) is 3.90. The van der Waals surface area contributed by atoms with Gasteiger partial charge in [0, 0.05) is 15.8 Å². The Hall–Kier alpha value is -3.65. The number of aromatic nitrogens is 1. The topological polar surface area (TPSA) is 76.7 Å². The minimum Gasteiger partial charge on any atom is -0.497 e. The van der Waals surface area contributed by atoms with Crippen LogP contribution in [0.25, 0.3) is 22.2 Å². The Morgan fingerprint density at radius 1 is 1.05 bits per heavy atom. The summed E-state index contributed by atoms with van der Waals surface area (Å²) >= 11 is 13.7. The molecule has 0 atom stereocenters. The molecule has 38 heavy (non-hydrogen) atoms. The van der Waals surface area contributed by atoms with Gasteiger partial charge in [-0.25, -0.2) is 9.98 Å². The van der Waals surface area contributed by atoms with Crippen molar-refractivity contribution in [2.45, 2.75) is 20.3 Å². The monoisotopic (exact) mass is 563 g/mol. The van der Waals surface area contributed by atoms with E-state index in [1.807, 2.05) is 50.2 Å². The van der Waals surface area contributed by atoms with Gasteiger partial charge in [-0.3, -0.25) is 10.1 Å². The molecule has 9 heteroatoms. The van der Waals surface area contributed by atoms with Crippen molar-refractivity contribution in [2.24, 2.45) is 4.99 Å². The lowest BCUT2D eigenvalue weighted by Gasteiger charge is -2.07. The van der Waals surface area contributed by atoms with Crippen molar-refractivity contribution in [3.05, 3.63) is 98.3 Å². The van der Waals surface area contributed by atoms with Crippen LogP contribution >= 0.6 is 34.5 Å². The second-order valence-corrected chi connectivity index (χ2v) is 10.4. The molecule has 0 bridgehead atoms. The molecule has 0 aliphatic heterocycles. The summed E-state index contributed by atoms with van der Waals surface area (Å²) in [7, 11) is 1.59. The number of amides is 1. The number of thiazole rings is 1. The molecule has 0 saturated carbocycles. The largest absolute Gasteiger partial charge is 0.497 e. The molecule has 3 aromatic carbocycles. The zero-order valence-electron chi connectivity index (χ0n) is 20.8. The van der Waals surface area contributed by atoms with Gasteiger partial charge in [0.2, 0.25) is 5.55 Å². The highest BCUT2D eigenvalue weighted by atomic mass is 35.5. The number of aryl methyl sites for hydroxylation is 2. The van der Waals surface area contributed by atoms with Crippen molar-refractivity contribution in [3.63, 3.8) is 0 Å². The molecular weight excluding hydrogens is 541 g/mol. The predicted octanol–water partition coefficient (Wildman–Crippen LogP) is 8.23. The van der Waals surface area contributed by atoms with Crippen molar-refractivity contribution in [2.75, 3.05) is 12.4 Å². The van der Waals surface area contributed by atoms with Crippen LogP contribution in [0.1, 0.15) is 27.7 Å². The van der Waals surface area contributed by atoms with Crippen LogP contribution in [-0.4, -0.2) is 18.0 Å². The number of carbonyl (C=O) groups excluding carboxylic acids is 1. The molecule has 0 spiro atoms. The van der Waals surface area contributed by atoms with Crippen LogP contribution in [0.4, 0.5) is 10.8 Å². The summed E-state index contributed by atoms with van der Waals surface area (Å²) in [6.07, 6.45) is 0.738. The molecule has 1 amide bonds. The minimum absolute atomic E-state index is 0.195. The van der Waals surface area contributed by atoms with Gasteiger partial charge in [0.05, 0.1) is 28.5 Å². The highest BCUT2D eigenvalue weighted by Gasteiger charge is 2.18. The first-order chi connectivity index (χ1) is 18.3. The fourth-order valence-corrected chi connectivity index (χ4v) is 5.11. The van der Waals surface area contributed by atoms with Crippen molar-refractivity contribution in [1.82, 2.24) is 4.98 Å². The van der Waals surface area contributed by atoms with Crippen LogP contribution in [-0.2, 0) is 6.42 Å². The van der Waals surface area contributed by atoms with Crippen molar-refractivity contribution >= 4 is 62.2 Å². The van der Waals surface area contributed by atoms with E-state index in [9.17, 15) is 4.79 Å². The molecule has 192 valence electrons. The Labute approximate surface area is 233 Å². The van der Waals surface area contributed by atoms with E-state index in [1.165, 1.54) is 11.3 Å². The van der Waals surface area contributed by atoms with Gasteiger partial charge in [0.1, 0.15) is 16.9 Å². The number of methoxy groups -OCH3 is 1. The van der Waals surface area contributed by atoms with E-state index < -0.39 is 0 Å².